The van der Waals surface area contributed by atoms with Crippen LogP contribution in [-0.4, -0.2) is 59.8 Å². The number of nitrogens with zero attached hydrogens (tertiary/aromatic N) is 6. The van der Waals surface area contributed by atoms with E-state index in [4.69, 9.17) is 21.8 Å². The molecule has 12 heteroatoms. The molecule has 0 spiro atoms. The molecule has 0 radical (unpaired) electrons. The van der Waals surface area contributed by atoms with Crippen molar-refractivity contribution in [2.24, 2.45) is 0 Å². The maximum Gasteiger partial charge on any atom is 0.284 e. The Kier molecular flexibility index (Phi) is 8.95. The summed E-state index contributed by atoms with van der Waals surface area (Å²) in [5.41, 5.74) is 1.52. The van der Waals surface area contributed by atoms with E-state index in [-0.39, 0.29) is 36.7 Å². The number of anilines is 1. The number of carbonyl (C=O) groups excluding carboxylic acids is 1. The summed E-state index contributed by atoms with van der Waals surface area (Å²) in [6.45, 7) is 6.78. The largest absolute Gasteiger partial charge is 0.395 e. The summed E-state index contributed by atoms with van der Waals surface area (Å²) in [6, 6.07) is 10.9. The Labute approximate surface area is 230 Å². The molecule has 204 valence electrons. The molecule has 11 nitrogen and oxygen atoms in total. The van der Waals surface area contributed by atoms with Gasteiger partial charge in [0.15, 0.2) is 5.82 Å². The van der Waals surface area contributed by atoms with E-state index in [0.29, 0.717) is 45.5 Å². The number of benzene rings is 1. The number of para-hydroxylation sites is 1. The van der Waals surface area contributed by atoms with Gasteiger partial charge in [0, 0.05) is 25.5 Å². The average Bonchev–Trinajstić information content (AvgIpc) is 3.57. The number of amides is 1. The first-order valence-corrected chi connectivity index (χ1v) is 13.2. The van der Waals surface area contributed by atoms with Gasteiger partial charge >= 0.3 is 0 Å². The van der Waals surface area contributed by atoms with Gasteiger partial charge in [-0.15, -0.1) is 0 Å². The first-order chi connectivity index (χ1) is 19.0. The first kappa shape index (κ1) is 27.8. The van der Waals surface area contributed by atoms with Crippen molar-refractivity contribution in [3.8, 4) is 5.69 Å². The SMILES string of the molecule is CC.CCCN(Cc1nn2ccc(Cl)c2c(=O)n1-c1ccccc1)c1ncnc2[nH]cc(C(=O)NCCO)c12. The minimum Gasteiger partial charge on any atom is -0.395 e. The summed E-state index contributed by atoms with van der Waals surface area (Å²) in [4.78, 5) is 40.2. The van der Waals surface area contributed by atoms with E-state index in [1.165, 1.54) is 10.8 Å². The fraction of sp³-hybridized carbons (Fsp3) is 0.296. The Morgan fingerprint density at radius 2 is 1.95 bits per heavy atom. The number of rotatable bonds is 9. The highest BCUT2D eigenvalue weighted by Crippen LogP contribution is 2.28. The highest BCUT2D eigenvalue weighted by molar-refractivity contribution is 6.33. The predicted octanol–water partition coefficient (Wildman–Crippen LogP) is 3.57. The van der Waals surface area contributed by atoms with Crippen LogP contribution in [-0.2, 0) is 6.54 Å². The molecule has 0 saturated carbocycles. The van der Waals surface area contributed by atoms with Crippen LogP contribution in [0.4, 0.5) is 5.82 Å². The van der Waals surface area contributed by atoms with Gasteiger partial charge in [0.1, 0.15) is 23.3 Å². The van der Waals surface area contributed by atoms with Crippen LogP contribution >= 0.6 is 11.6 Å². The van der Waals surface area contributed by atoms with Crippen LogP contribution in [0.1, 0.15) is 43.4 Å². The molecule has 5 aromatic rings. The van der Waals surface area contributed by atoms with Gasteiger partial charge < -0.3 is 20.3 Å². The number of nitrogens with one attached hydrogen (secondary N) is 2. The molecule has 0 aliphatic rings. The molecule has 0 atom stereocenters. The molecule has 1 aromatic carbocycles. The molecule has 1 amide bonds. The quantitative estimate of drug-likeness (QED) is 0.255. The minimum atomic E-state index is -0.351. The number of H-pyrrole nitrogens is 1. The van der Waals surface area contributed by atoms with E-state index in [9.17, 15) is 9.59 Å². The summed E-state index contributed by atoms with van der Waals surface area (Å²) in [7, 11) is 0. The van der Waals surface area contributed by atoms with Gasteiger partial charge in [0.05, 0.1) is 34.8 Å². The topological polar surface area (TPSA) is 133 Å². The Bertz CT molecular complexity index is 1630. The number of carbonyl (C=O) groups is 1. The third kappa shape index (κ3) is 5.50. The molecule has 0 aliphatic heterocycles. The number of hydrogen-bond donors (Lipinski definition) is 3. The Morgan fingerprint density at radius 1 is 1.18 bits per heavy atom. The molecule has 4 aromatic heterocycles. The number of halogens is 1. The predicted molar refractivity (Wildman–Crippen MR) is 152 cm³/mol. The maximum absolute atomic E-state index is 13.6. The molecule has 0 fully saturated rings. The zero-order valence-electron chi connectivity index (χ0n) is 22.1. The van der Waals surface area contributed by atoms with Crippen LogP contribution in [0.25, 0.3) is 22.2 Å². The van der Waals surface area contributed by atoms with Crippen molar-refractivity contribution >= 4 is 39.9 Å². The van der Waals surface area contributed by atoms with Gasteiger partial charge in [-0.3, -0.25) is 14.2 Å². The molecule has 0 saturated heterocycles. The number of aliphatic hydroxyl groups is 1. The van der Waals surface area contributed by atoms with Crippen LogP contribution in [0.3, 0.4) is 0 Å². The number of aliphatic hydroxyl groups excluding tert-OH is 1. The molecule has 4 heterocycles. The Balaban J connectivity index is 0.00000172. The lowest BCUT2D eigenvalue weighted by Crippen LogP contribution is -2.33. The summed E-state index contributed by atoms with van der Waals surface area (Å²) in [5, 5.41) is 17.4. The van der Waals surface area contributed by atoms with E-state index < -0.39 is 0 Å². The Hall–Kier alpha value is -4.22. The molecule has 0 unspecified atom stereocenters. The van der Waals surface area contributed by atoms with Crippen molar-refractivity contribution in [1.29, 1.82) is 0 Å². The standard InChI is InChI=1S/C25H25ClN8O3.C2H6/c1-2-10-32(23-20-17(24(36)27-9-12-35)13-28-22(20)29-15-30-23)14-19-31-33-11-8-18(26)21(33)25(37)34(19)16-6-4-3-5-7-16;1-2/h3-8,11,13,15,35H,2,9-10,12,14H2,1H3,(H,27,36)(H,28,29,30);1-2H3. The zero-order chi connectivity index (χ0) is 27.9. The smallest absolute Gasteiger partial charge is 0.284 e. The monoisotopic (exact) mass is 550 g/mol. The molecule has 39 heavy (non-hydrogen) atoms. The normalized spacial score (nSPS) is 10.9. The number of aromatic amines is 1. The van der Waals surface area contributed by atoms with Crippen molar-refractivity contribution in [3.63, 3.8) is 0 Å². The van der Waals surface area contributed by atoms with Crippen LogP contribution in [0.15, 0.2) is 59.9 Å². The average molecular weight is 551 g/mol. The van der Waals surface area contributed by atoms with Crippen molar-refractivity contribution in [2.75, 3.05) is 24.6 Å². The van der Waals surface area contributed by atoms with E-state index >= 15 is 0 Å². The highest BCUT2D eigenvalue weighted by Gasteiger charge is 2.23. The van der Waals surface area contributed by atoms with E-state index in [1.54, 1.807) is 23.0 Å². The van der Waals surface area contributed by atoms with Gasteiger partial charge in [0.2, 0.25) is 0 Å². The van der Waals surface area contributed by atoms with Gasteiger partial charge in [-0.25, -0.2) is 14.5 Å². The third-order valence-electron chi connectivity index (χ3n) is 5.94. The second-order valence-corrected chi connectivity index (χ2v) is 8.78. The highest BCUT2D eigenvalue weighted by atomic mass is 35.5. The molecule has 0 bridgehead atoms. The lowest BCUT2D eigenvalue weighted by molar-refractivity contribution is 0.0946. The lowest BCUT2D eigenvalue weighted by Gasteiger charge is -2.25. The van der Waals surface area contributed by atoms with E-state index in [0.717, 1.165) is 6.42 Å². The van der Waals surface area contributed by atoms with E-state index in [1.807, 2.05) is 56.0 Å². The van der Waals surface area contributed by atoms with Gasteiger partial charge in [-0.1, -0.05) is 50.6 Å². The summed E-state index contributed by atoms with van der Waals surface area (Å²) in [5.74, 6) is 0.648. The first-order valence-electron chi connectivity index (χ1n) is 12.8. The van der Waals surface area contributed by atoms with Gasteiger partial charge in [-0.2, -0.15) is 5.10 Å². The van der Waals surface area contributed by atoms with Crippen molar-refractivity contribution in [2.45, 2.75) is 33.7 Å². The Morgan fingerprint density at radius 3 is 2.67 bits per heavy atom. The third-order valence-corrected chi connectivity index (χ3v) is 6.24. The second kappa shape index (κ2) is 12.5. The minimum absolute atomic E-state index is 0.125. The van der Waals surface area contributed by atoms with Crippen LogP contribution < -0.4 is 15.8 Å². The number of aromatic nitrogens is 6. The van der Waals surface area contributed by atoms with Crippen molar-refractivity contribution in [3.05, 3.63) is 81.9 Å². The number of hydrogen-bond acceptors (Lipinski definition) is 7. The van der Waals surface area contributed by atoms with Crippen LogP contribution in [0.5, 0.6) is 0 Å². The van der Waals surface area contributed by atoms with Crippen LogP contribution in [0, 0.1) is 0 Å². The zero-order valence-corrected chi connectivity index (χ0v) is 22.8. The van der Waals surface area contributed by atoms with E-state index in [2.05, 4.69) is 20.3 Å². The molecular weight excluding hydrogens is 520 g/mol. The molecule has 3 N–H and O–H groups in total. The van der Waals surface area contributed by atoms with Crippen molar-refractivity contribution < 1.29 is 9.90 Å². The maximum atomic E-state index is 13.6. The molecular formula is C27H31ClN8O3. The van der Waals surface area contributed by atoms with Gasteiger partial charge in [0.25, 0.3) is 11.5 Å². The van der Waals surface area contributed by atoms with Crippen LogP contribution in [0.2, 0.25) is 5.02 Å². The second-order valence-electron chi connectivity index (χ2n) is 8.37. The molecule has 5 rings (SSSR count). The lowest BCUT2D eigenvalue weighted by atomic mass is 10.2. The summed E-state index contributed by atoms with van der Waals surface area (Å²) >= 11 is 6.32. The van der Waals surface area contributed by atoms with Crippen molar-refractivity contribution in [1.82, 2.24) is 34.4 Å². The molecule has 0 aliphatic carbocycles. The fourth-order valence-electron chi connectivity index (χ4n) is 4.35. The summed E-state index contributed by atoms with van der Waals surface area (Å²) in [6.07, 6.45) is 5.43. The van der Waals surface area contributed by atoms with Gasteiger partial charge in [-0.05, 0) is 24.6 Å². The number of fused-ring (bicyclic) bond motifs is 2. The summed E-state index contributed by atoms with van der Waals surface area (Å²) < 4.78 is 3.04. The fourth-order valence-corrected chi connectivity index (χ4v) is 4.57.